The Balaban J connectivity index is 1.45. The molecule has 1 amide bonds. The van der Waals surface area contributed by atoms with E-state index in [9.17, 15) is 4.79 Å². The molecule has 1 aliphatic heterocycles. The molecule has 2 aromatic heterocycles. The lowest BCUT2D eigenvalue weighted by Crippen LogP contribution is -2.36. The lowest BCUT2D eigenvalue weighted by Gasteiger charge is -2.26. The highest BCUT2D eigenvalue weighted by atomic mass is 16.5. The second-order valence-corrected chi connectivity index (χ2v) is 6.05. The van der Waals surface area contributed by atoms with Gasteiger partial charge in [0.1, 0.15) is 5.75 Å². The number of imidazole rings is 1. The molecule has 1 aromatic carbocycles. The van der Waals surface area contributed by atoms with E-state index >= 15 is 0 Å². The van der Waals surface area contributed by atoms with Gasteiger partial charge in [-0.15, -0.1) is 0 Å². The van der Waals surface area contributed by atoms with Gasteiger partial charge >= 0.3 is 0 Å². The summed E-state index contributed by atoms with van der Waals surface area (Å²) in [7, 11) is 1.68. The number of rotatable bonds is 4. The third-order valence-electron chi connectivity index (χ3n) is 4.69. The van der Waals surface area contributed by atoms with E-state index in [0.717, 1.165) is 41.0 Å². The fourth-order valence-electron chi connectivity index (χ4n) is 3.37. The Labute approximate surface area is 140 Å². The van der Waals surface area contributed by atoms with E-state index in [2.05, 4.69) is 20.6 Å². The second-order valence-electron chi connectivity index (χ2n) is 6.05. The van der Waals surface area contributed by atoms with Crippen molar-refractivity contribution in [2.45, 2.75) is 25.9 Å². The van der Waals surface area contributed by atoms with Crippen LogP contribution in [0.1, 0.15) is 17.8 Å². The highest BCUT2D eigenvalue weighted by Gasteiger charge is 2.22. The maximum absolute atomic E-state index is 12.5. The minimum Gasteiger partial charge on any atom is -0.496 e. The van der Waals surface area contributed by atoms with Crippen LogP contribution in [0.5, 0.6) is 5.75 Å². The standard InChI is InChI=1S/C18H20N4O2/c1-24-17-4-2-3-16-13(17)5-8-21(16)10-7-18(23)22-9-6-14-15(11-22)20-12-19-14/h2-5,8,12H,6-7,9-11H2,1H3,(H,19,20). The number of aryl methyl sites for hydroxylation is 1. The summed E-state index contributed by atoms with van der Waals surface area (Å²) < 4.78 is 7.50. The zero-order valence-electron chi connectivity index (χ0n) is 13.7. The summed E-state index contributed by atoms with van der Waals surface area (Å²) in [4.78, 5) is 21.9. The summed E-state index contributed by atoms with van der Waals surface area (Å²) in [6.45, 7) is 2.05. The molecule has 1 aliphatic rings. The van der Waals surface area contributed by atoms with Crippen LogP contribution in [0, 0.1) is 0 Å². The Bertz CT molecular complexity index is 880. The van der Waals surface area contributed by atoms with Crippen LogP contribution in [-0.4, -0.2) is 39.0 Å². The molecule has 0 spiro atoms. The molecule has 0 atom stereocenters. The average Bonchev–Trinajstić information content (AvgIpc) is 3.25. The molecule has 0 fully saturated rings. The third kappa shape index (κ3) is 2.54. The summed E-state index contributed by atoms with van der Waals surface area (Å²) in [5, 5.41) is 1.08. The van der Waals surface area contributed by atoms with Gasteiger partial charge in [0.05, 0.1) is 36.9 Å². The number of aromatic amines is 1. The zero-order chi connectivity index (χ0) is 16.5. The lowest BCUT2D eigenvalue weighted by atomic mass is 10.1. The molecule has 3 aromatic rings. The van der Waals surface area contributed by atoms with E-state index in [-0.39, 0.29) is 5.91 Å². The normalized spacial score (nSPS) is 14.0. The van der Waals surface area contributed by atoms with Gasteiger partial charge in [0.15, 0.2) is 0 Å². The van der Waals surface area contributed by atoms with Crippen molar-refractivity contribution in [2.75, 3.05) is 13.7 Å². The van der Waals surface area contributed by atoms with Gasteiger partial charge in [0.25, 0.3) is 0 Å². The van der Waals surface area contributed by atoms with Crippen molar-refractivity contribution in [2.24, 2.45) is 0 Å². The SMILES string of the molecule is COc1cccc2c1ccn2CCC(=O)N1CCc2nc[nH]c2C1. The maximum Gasteiger partial charge on any atom is 0.224 e. The first-order chi connectivity index (χ1) is 11.8. The number of amides is 1. The first-order valence-corrected chi connectivity index (χ1v) is 8.17. The lowest BCUT2D eigenvalue weighted by molar-refractivity contribution is -0.132. The number of carbonyl (C=O) groups is 1. The largest absolute Gasteiger partial charge is 0.496 e. The fourth-order valence-corrected chi connectivity index (χ4v) is 3.37. The van der Waals surface area contributed by atoms with Crippen LogP contribution in [0.2, 0.25) is 0 Å². The molecule has 0 radical (unpaired) electrons. The Kier molecular flexibility index (Phi) is 3.72. The maximum atomic E-state index is 12.5. The molecular weight excluding hydrogens is 304 g/mol. The highest BCUT2D eigenvalue weighted by Crippen LogP contribution is 2.26. The van der Waals surface area contributed by atoms with Crippen molar-refractivity contribution in [1.82, 2.24) is 19.4 Å². The van der Waals surface area contributed by atoms with Crippen molar-refractivity contribution in [3.8, 4) is 5.75 Å². The summed E-state index contributed by atoms with van der Waals surface area (Å²) in [6.07, 6.45) is 5.04. The topological polar surface area (TPSA) is 63.1 Å². The van der Waals surface area contributed by atoms with Gasteiger partial charge in [-0.05, 0) is 18.2 Å². The van der Waals surface area contributed by atoms with E-state index in [4.69, 9.17) is 4.74 Å². The van der Waals surface area contributed by atoms with Crippen molar-refractivity contribution in [1.29, 1.82) is 0 Å². The van der Waals surface area contributed by atoms with Gasteiger partial charge in [0, 0.05) is 37.5 Å². The number of fused-ring (bicyclic) bond motifs is 2. The van der Waals surface area contributed by atoms with Gasteiger partial charge in [-0.3, -0.25) is 4.79 Å². The number of nitrogens with zero attached hydrogens (tertiary/aromatic N) is 3. The number of aromatic nitrogens is 3. The molecule has 0 aliphatic carbocycles. The van der Waals surface area contributed by atoms with Crippen molar-refractivity contribution < 1.29 is 9.53 Å². The molecule has 6 nitrogen and oxygen atoms in total. The van der Waals surface area contributed by atoms with Crippen molar-refractivity contribution >= 4 is 16.8 Å². The number of hydrogen-bond donors (Lipinski definition) is 1. The summed E-state index contributed by atoms with van der Waals surface area (Å²) in [6, 6.07) is 8.02. The Morgan fingerprint density at radius 2 is 2.29 bits per heavy atom. The van der Waals surface area contributed by atoms with E-state index in [0.29, 0.717) is 19.5 Å². The monoisotopic (exact) mass is 324 g/mol. The number of nitrogens with one attached hydrogen (secondary N) is 1. The predicted octanol–water partition coefficient (Wildman–Crippen LogP) is 2.35. The van der Waals surface area contributed by atoms with Crippen LogP contribution in [0.3, 0.4) is 0 Å². The van der Waals surface area contributed by atoms with E-state index in [1.54, 1.807) is 13.4 Å². The van der Waals surface area contributed by atoms with Gasteiger partial charge in [-0.1, -0.05) is 6.07 Å². The number of benzene rings is 1. The van der Waals surface area contributed by atoms with Gasteiger partial charge in [0.2, 0.25) is 5.91 Å². The minimum atomic E-state index is 0.181. The van der Waals surface area contributed by atoms with Crippen LogP contribution in [0.4, 0.5) is 0 Å². The molecule has 0 saturated carbocycles. The number of methoxy groups -OCH3 is 1. The van der Waals surface area contributed by atoms with Crippen molar-refractivity contribution in [3.63, 3.8) is 0 Å². The predicted molar refractivity (Wildman–Crippen MR) is 90.8 cm³/mol. The Morgan fingerprint density at radius 3 is 3.17 bits per heavy atom. The molecule has 1 N–H and O–H groups in total. The number of ether oxygens (including phenoxy) is 1. The van der Waals surface area contributed by atoms with E-state index < -0.39 is 0 Å². The highest BCUT2D eigenvalue weighted by molar-refractivity contribution is 5.86. The number of H-pyrrole nitrogens is 1. The van der Waals surface area contributed by atoms with Crippen molar-refractivity contribution in [3.05, 3.63) is 48.2 Å². The molecule has 24 heavy (non-hydrogen) atoms. The second kappa shape index (κ2) is 6.03. The Hall–Kier alpha value is -2.76. The molecule has 124 valence electrons. The number of carbonyl (C=O) groups excluding carboxylic acids is 1. The molecule has 0 bridgehead atoms. The smallest absolute Gasteiger partial charge is 0.224 e. The zero-order valence-corrected chi connectivity index (χ0v) is 13.7. The van der Waals surface area contributed by atoms with Gasteiger partial charge in [-0.2, -0.15) is 0 Å². The van der Waals surface area contributed by atoms with Crippen LogP contribution >= 0.6 is 0 Å². The van der Waals surface area contributed by atoms with Crippen LogP contribution in [-0.2, 0) is 24.3 Å². The molecule has 4 rings (SSSR count). The van der Waals surface area contributed by atoms with Crippen LogP contribution in [0.25, 0.3) is 10.9 Å². The summed E-state index contributed by atoms with van der Waals surface area (Å²) >= 11 is 0. The average molecular weight is 324 g/mol. The molecular formula is C18H20N4O2. The quantitative estimate of drug-likeness (QED) is 0.801. The van der Waals surface area contributed by atoms with Gasteiger partial charge in [-0.25, -0.2) is 4.98 Å². The van der Waals surface area contributed by atoms with Crippen LogP contribution < -0.4 is 4.74 Å². The summed E-state index contributed by atoms with van der Waals surface area (Å²) in [5.74, 6) is 1.04. The minimum absolute atomic E-state index is 0.181. The summed E-state index contributed by atoms with van der Waals surface area (Å²) in [5.41, 5.74) is 3.24. The van der Waals surface area contributed by atoms with E-state index in [1.807, 2.05) is 29.3 Å². The Morgan fingerprint density at radius 1 is 1.38 bits per heavy atom. The van der Waals surface area contributed by atoms with Gasteiger partial charge < -0.3 is 19.2 Å². The molecule has 3 heterocycles. The third-order valence-corrected chi connectivity index (χ3v) is 4.69. The van der Waals surface area contributed by atoms with Crippen LogP contribution in [0.15, 0.2) is 36.8 Å². The molecule has 6 heteroatoms. The fraction of sp³-hybridized carbons (Fsp3) is 0.333. The van der Waals surface area contributed by atoms with E-state index in [1.165, 1.54) is 0 Å². The number of hydrogen-bond acceptors (Lipinski definition) is 3. The molecule has 0 saturated heterocycles. The first kappa shape index (κ1) is 14.8. The molecule has 0 unspecified atom stereocenters. The first-order valence-electron chi connectivity index (χ1n) is 8.17.